The van der Waals surface area contributed by atoms with E-state index in [4.69, 9.17) is 11.6 Å². The highest BCUT2D eigenvalue weighted by Gasteiger charge is 2.23. The van der Waals surface area contributed by atoms with Crippen LogP contribution >= 0.6 is 11.6 Å². The number of rotatable bonds is 3. The molecule has 4 heteroatoms. The average Bonchev–Trinajstić information content (AvgIpc) is 2.75. The first-order valence-electron chi connectivity index (χ1n) is 6.28. The fourth-order valence-corrected chi connectivity index (χ4v) is 2.71. The third-order valence-electron chi connectivity index (χ3n) is 3.49. The molecule has 1 aromatic carbocycles. The first kappa shape index (κ1) is 13.2. The monoisotopic (exact) mass is 267 g/mol. The minimum atomic E-state index is -0.0869. The summed E-state index contributed by atoms with van der Waals surface area (Å²) in [5.74, 6) is 0.623. The van der Waals surface area contributed by atoms with Gasteiger partial charge in [-0.1, -0.05) is 0 Å². The Balaban J connectivity index is 1.89. The number of nitrogens with one attached hydrogen (secondary N) is 1. The van der Waals surface area contributed by atoms with E-state index >= 15 is 0 Å². The van der Waals surface area contributed by atoms with E-state index in [0.29, 0.717) is 23.6 Å². The smallest absolute Gasteiger partial charge is 0.251 e. The molecule has 18 heavy (non-hydrogen) atoms. The molecule has 3 nitrogen and oxygen atoms in total. The predicted octanol–water partition coefficient (Wildman–Crippen LogP) is 2.84. The van der Waals surface area contributed by atoms with Gasteiger partial charge in [0.05, 0.1) is 0 Å². The quantitative estimate of drug-likeness (QED) is 0.828. The summed E-state index contributed by atoms with van der Waals surface area (Å²) >= 11 is 6.04. The van der Waals surface area contributed by atoms with E-state index in [2.05, 4.69) is 5.32 Å². The number of halogens is 1. The molecule has 1 saturated carbocycles. The number of hydrogen-bond donors (Lipinski definition) is 2. The molecule has 0 bridgehead atoms. The van der Waals surface area contributed by atoms with Crippen molar-refractivity contribution in [3.8, 4) is 5.75 Å². The number of carbonyl (C=O) groups is 1. The van der Waals surface area contributed by atoms with E-state index in [1.807, 2.05) is 0 Å². The van der Waals surface area contributed by atoms with Crippen molar-refractivity contribution < 1.29 is 9.90 Å². The van der Waals surface area contributed by atoms with Gasteiger partial charge < -0.3 is 10.4 Å². The maximum absolute atomic E-state index is 11.9. The van der Waals surface area contributed by atoms with Crippen LogP contribution in [0.4, 0.5) is 0 Å². The van der Waals surface area contributed by atoms with Gasteiger partial charge >= 0.3 is 0 Å². The fourth-order valence-electron chi connectivity index (χ4n) is 2.34. The van der Waals surface area contributed by atoms with Gasteiger partial charge in [0.2, 0.25) is 0 Å². The Morgan fingerprint density at radius 1 is 1.50 bits per heavy atom. The molecule has 1 aliphatic carbocycles. The van der Waals surface area contributed by atoms with Crippen LogP contribution in [0.1, 0.15) is 35.2 Å². The Morgan fingerprint density at radius 3 is 2.89 bits per heavy atom. The third-order valence-corrected chi connectivity index (χ3v) is 3.88. The Bertz CT molecular complexity index is 447. The number of phenolic OH excluding ortho intramolecular Hbond substituents is 1. The van der Waals surface area contributed by atoms with Crippen LogP contribution < -0.4 is 5.32 Å². The van der Waals surface area contributed by atoms with Crippen LogP contribution in [0.5, 0.6) is 5.75 Å². The summed E-state index contributed by atoms with van der Waals surface area (Å²) in [5, 5.41) is 12.6. The molecular formula is C14H18ClNO2. The number of aryl methyl sites for hydroxylation is 1. The number of carbonyl (C=O) groups excluding carboxylic acids is 1. The van der Waals surface area contributed by atoms with Crippen LogP contribution in [-0.4, -0.2) is 22.9 Å². The van der Waals surface area contributed by atoms with Crippen LogP contribution in [0.3, 0.4) is 0 Å². The second-order valence-electron chi connectivity index (χ2n) is 4.99. The van der Waals surface area contributed by atoms with Crippen molar-refractivity contribution in [2.45, 2.75) is 31.6 Å². The van der Waals surface area contributed by atoms with Crippen molar-refractivity contribution in [2.24, 2.45) is 5.92 Å². The molecule has 98 valence electrons. The Hall–Kier alpha value is -1.22. The summed E-state index contributed by atoms with van der Waals surface area (Å²) in [7, 11) is 0. The van der Waals surface area contributed by atoms with Gasteiger partial charge in [-0.3, -0.25) is 4.79 Å². The summed E-state index contributed by atoms with van der Waals surface area (Å²) < 4.78 is 0. The Morgan fingerprint density at radius 2 is 2.28 bits per heavy atom. The van der Waals surface area contributed by atoms with Crippen molar-refractivity contribution in [3.05, 3.63) is 29.3 Å². The molecule has 0 spiro atoms. The molecule has 0 saturated heterocycles. The second-order valence-corrected chi connectivity index (χ2v) is 5.60. The zero-order valence-corrected chi connectivity index (χ0v) is 11.2. The van der Waals surface area contributed by atoms with E-state index in [0.717, 1.165) is 19.3 Å². The predicted molar refractivity (Wildman–Crippen MR) is 72.2 cm³/mol. The van der Waals surface area contributed by atoms with E-state index in [-0.39, 0.29) is 17.0 Å². The highest BCUT2D eigenvalue weighted by molar-refractivity contribution is 6.20. The van der Waals surface area contributed by atoms with E-state index < -0.39 is 0 Å². The van der Waals surface area contributed by atoms with Crippen molar-refractivity contribution in [2.75, 3.05) is 6.54 Å². The van der Waals surface area contributed by atoms with Gasteiger partial charge in [-0.15, -0.1) is 11.6 Å². The summed E-state index contributed by atoms with van der Waals surface area (Å²) in [5.41, 5.74) is 1.30. The van der Waals surface area contributed by atoms with Crippen molar-refractivity contribution in [1.29, 1.82) is 0 Å². The second kappa shape index (κ2) is 5.61. The number of alkyl halides is 1. The highest BCUT2D eigenvalue weighted by Crippen LogP contribution is 2.28. The van der Waals surface area contributed by atoms with Crippen LogP contribution in [0, 0.1) is 12.8 Å². The maximum atomic E-state index is 11.9. The summed E-state index contributed by atoms with van der Waals surface area (Å²) in [6.45, 7) is 2.46. The van der Waals surface area contributed by atoms with Gasteiger partial charge in [0.15, 0.2) is 0 Å². The van der Waals surface area contributed by atoms with E-state index in [9.17, 15) is 9.90 Å². The lowest BCUT2D eigenvalue weighted by Crippen LogP contribution is -2.28. The molecule has 1 aliphatic rings. The first-order chi connectivity index (χ1) is 8.56. The summed E-state index contributed by atoms with van der Waals surface area (Å²) in [6, 6.07) is 4.88. The zero-order valence-electron chi connectivity index (χ0n) is 10.4. The number of aromatic hydroxyl groups is 1. The number of phenols is 1. The van der Waals surface area contributed by atoms with Gasteiger partial charge in [0.1, 0.15) is 5.75 Å². The van der Waals surface area contributed by atoms with Crippen LogP contribution in [0.15, 0.2) is 18.2 Å². The summed E-state index contributed by atoms with van der Waals surface area (Å²) in [4.78, 5) is 11.9. The molecule has 0 aliphatic heterocycles. The van der Waals surface area contributed by atoms with Gasteiger partial charge in [0.25, 0.3) is 5.91 Å². The number of amides is 1. The molecule has 1 amide bonds. The SMILES string of the molecule is Cc1cc(C(=O)NCC2CCC(Cl)C2)ccc1O. The first-order valence-corrected chi connectivity index (χ1v) is 6.72. The molecule has 1 fully saturated rings. The van der Waals surface area contributed by atoms with Crippen LogP contribution in [0.25, 0.3) is 0 Å². The molecular weight excluding hydrogens is 250 g/mol. The number of benzene rings is 1. The fraction of sp³-hybridized carbons (Fsp3) is 0.500. The molecule has 1 aromatic rings. The molecule has 2 unspecified atom stereocenters. The van der Waals surface area contributed by atoms with Crippen molar-refractivity contribution in [3.63, 3.8) is 0 Å². The topological polar surface area (TPSA) is 49.3 Å². The van der Waals surface area contributed by atoms with Gasteiger partial charge in [-0.25, -0.2) is 0 Å². The van der Waals surface area contributed by atoms with Gasteiger partial charge in [0, 0.05) is 17.5 Å². The highest BCUT2D eigenvalue weighted by atomic mass is 35.5. The minimum absolute atomic E-state index is 0.0869. The van der Waals surface area contributed by atoms with Crippen molar-refractivity contribution >= 4 is 17.5 Å². The lowest BCUT2D eigenvalue weighted by atomic mass is 10.1. The van der Waals surface area contributed by atoms with Crippen LogP contribution in [-0.2, 0) is 0 Å². The molecule has 2 atom stereocenters. The molecule has 0 aromatic heterocycles. The van der Waals surface area contributed by atoms with Gasteiger partial charge in [-0.2, -0.15) is 0 Å². The van der Waals surface area contributed by atoms with Gasteiger partial charge in [-0.05, 0) is 55.9 Å². The molecule has 2 rings (SSSR count). The number of hydrogen-bond acceptors (Lipinski definition) is 2. The average molecular weight is 268 g/mol. The Kier molecular flexibility index (Phi) is 4.12. The van der Waals surface area contributed by atoms with Crippen LogP contribution in [0.2, 0.25) is 0 Å². The van der Waals surface area contributed by atoms with E-state index in [1.165, 1.54) is 0 Å². The maximum Gasteiger partial charge on any atom is 0.251 e. The minimum Gasteiger partial charge on any atom is -0.508 e. The van der Waals surface area contributed by atoms with Crippen molar-refractivity contribution in [1.82, 2.24) is 5.32 Å². The molecule has 0 heterocycles. The lowest BCUT2D eigenvalue weighted by molar-refractivity contribution is 0.0947. The standard InChI is InChI=1S/C14H18ClNO2/c1-9-6-11(3-5-13(9)17)14(18)16-8-10-2-4-12(15)7-10/h3,5-6,10,12,17H,2,4,7-8H2,1H3,(H,16,18). The van der Waals surface area contributed by atoms with E-state index in [1.54, 1.807) is 25.1 Å². The summed E-state index contributed by atoms with van der Waals surface area (Å²) in [6.07, 6.45) is 3.11. The normalized spacial score (nSPS) is 23.0. The lowest BCUT2D eigenvalue weighted by Gasteiger charge is -2.11. The zero-order chi connectivity index (χ0) is 13.1. The molecule has 0 radical (unpaired) electrons. The third kappa shape index (κ3) is 3.16. The largest absolute Gasteiger partial charge is 0.508 e. The molecule has 2 N–H and O–H groups in total. The Labute approximate surface area is 112 Å².